The number of anilines is 1. The van der Waals surface area contributed by atoms with Gasteiger partial charge in [0.1, 0.15) is 11.5 Å². The van der Waals surface area contributed by atoms with Crippen LogP contribution < -0.4 is 4.90 Å². The summed E-state index contributed by atoms with van der Waals surface area (Å²) in [6, 6.07) is 10.6. The summed E-state index contributed by atoms with van der Waals surface area (Å²) in [4.78, 5) is 24.4. The summed E-state index contributed by atoms with van der Waals surface area (Å²) in [6.45, 7) is 0.324. The fraction of sp³-hybridized carbons (Fsp3) is 0.269. The third kappa shape index (κ3) is 4.85. The predicted octanol–water partition coefficient (Wildman–Crippen LogP) is 6.03. The molecule has 37 heavy (non-hydrogen) atoms. The molecular weight excluding hydrogens is 512 g/mol. The smallest absolute Gasteiger partial charge is 0.433 e. The first kappa shape index (κ1) is 25.0. The fourth-order valence-electron chi connectivity index (χ4n) is 4.71. The number of rotatable bonds is 5. The zero-order valence-corrected chi connectivity index (χ0v) is 20.3. The monoisotopic (exact) mass is 532 g/mol. The zero-order valence-electron chi connectivity index (χ0n) is 19.6. The molecule has 2 aromatic heterocycles. The van der Waals surface area contributed by atoms with E-state index in [9.17, 15) is 22.4 Å². The molecule has 0 aliphatic carbocycles. The molecule has 0 bridgehead atoms. The number of fused-ring (bicyclic) bond motifs is 3. The average molecular weight is 533 g/mol. The number of methoxy groups -OCH3 is 1. The van der Waals surface area contributed by atoms with Gasteiger partial charge >= 0.3 is 12.1 Å². The molecule has 0 saturated carbocycles. The van der Waals surface area contributed by atoms with Crippen LogP contribution in [0, 0.1) is 5.82 Å². The van der Waals surface area contributed by atoms with Crippen molar-refractivity contribution in [2.24, 2.45) is 0 Å². The molecule has 5 rings (SSSR count). The number of nitrogens with one attached hydrogen (secondary N) is 1. The maximum atomic E-state index is 14.2. The minimum absolute atomic E-state index is 0.00977. The van der Waals surface area contributed by atoms with Crippen molar-refractivity contribution < 1.29 is 27.1 Å². The second kappa shape index (κ2) is 9.66. The van der Waals surface area contributed by atoms with Gasteiger partial charge in [-0.05, 0) is 47.7 Å². The van der Waals surface area contributed by atoms with Gasteiger partial charge in [-0.25, -0.2) is 14.4 Å². The number of halogens is 5. The van der Waals surface area contributed by atoms with Gasteiger partial charge in [0.15, 0.2) is 0 Å². The zero-order chi connectivity index (χ0) is 26.3. The van der Waals surface area contributed by atoms with Gasteiger partial charge < -0.3 is 14.6 Å². The molecule has 1 atom stereocenters. The van der Waals surface area contributed by atoms with Gasteiger partial charge in [-0.2, -0.15) is 13.2 Å². The van der Waals surface area contributed by atoms with Crippen LogP contribution in [0.5, 0.6) is 0 Å². The van der Waals surface area contributed by atoms with Crippen molar-refractivity contribution in [3.63, 3.8) is 0 Å². The minimum Gasteiger partial charge on any atom is -0.469 e. The molecule has 6 nitrogen and oxygen atoms in total. The Labute approximate surface area is 214 Å². The number of hydrogen-bond acceptors (Lipinski definition) is 5. The van der Waals surface area contributed by atoms with Gasteiger partial charge in [0.05, 0.1) is 18.2 Å². The Morgan fingerprint density at radius 2 is 1.97 bits per heavy atom. The maximum Gasteiger partial charge on any atom is 0.433 e. The van der Waals surface area contributed by atoms with Crippen molar-refractivity contribution in [3.8, 4) is 0 Å². The highest BCUT2D eigenvalue weighted by Crippen LogP contribution is 2.41. The number of carbonyl (C=O) groups excluding carboxylic acids is 1. The van der Waals surface area contributed by atoms with Crippen molar-refractivity contribution >= 4 is 34.4 Å². The molecule has 3 heterocycles. The average Bonchev–Trinajstić information content (AvgIpc) is 3.24. The number of esters is 1. The number of carbonyl (C=O) groups is 1. The van der Waals surface area contributed by atoms with Gasteiger partial charge in [-0.3, -0.25) is 4.79 Å². The van der Waals surface area contributed by atoms with E-state index < -0.39 is 23.7 Å². The third-order valence-electron chi connectivity index (χ3n) is 6.50. The molecule has 1 unspecified atom stereocenters. The molecular formula is C26H21ClF4N4O2. The number of benzene rings is 2. The standard InChI is InChI=1S/C26H21ClF4N4O2/c1-37-22(36)7-4-14-2-5-15(6-3-14)24-23-16(17-12-18(27)19(28)13-20(17)33-23)9-11-35(24)25-32-10-8-21(34-25)26(29,30)31/h2-3,5-6,8,10,12-13,24,33H,4,7,9,11H2,1H3. The van der Waals surface area contributed by atoms with Gasteiger partial charge in [0.25, 0.3) is 0 Å². The number of H-pyrrole nitrogens is 1. The van der Waals surface area contributed by atoms with Gasteiger partial charge in [0.2, 0.25) is 5.95 Å². The SMILES string of the molecule is COC(=O)CCc1ccc(C2c3[nH]c4cc(F)c(Cl)cc4c3CCN2c2nccc(C(F)(F)F)n2)cc1. The number of hydrogen-bond donors (Lipinski definition) is 1. The van der Waals surface area contributed by atoms with Crippen LogP contribution in [0.1, 0.15) is 40.5 Å². The summed E-state index contributed by atoms with van der Waals surface area (Å²) in [5, 5.41) is 0.746. The summed E-state index contributed by atoms with van der Waals surface area (Å²) in [7, 11) is 1.33. The lowest BCUT2D eigenvalue weighted by atomic mass is 9.92. The first-order valence-corrected chi connectivity index (χ1v) is 11.9. The van der Waals surface area contributed by atoms with E-state index in [1.54, 1.807) is 11.0 Å². The Balaban J connectivity index is 1.60. The van der Waals surface area contributed by atoms with Crippen LogP contribution in [-0.2, 0) is 28.5 Å². The molecule has 11 heteroatoms. The van der Waals surface area contributed by atoms with E-state index in [1.165, 1.54) is 13.2 Å². The van der Waals surface area contributed by atoms with Crippen LogP contribution in [0.4, 0.5) is 23.5 Å². The molecule has 0 amide bonds. The quantitative estimate of drug-likeness (QED) is 0.251. The van der Waals surface area contributed by atoms with Crippen LogP contribution in [-0.4, -0.2) is 34.6 Å². The van der Waals surface area contributed by atoms with Crippen LogP contribution in [0.25, 0.3) is 10.9 Å². The molecule has 0 spiro atoms. The molecule has 192 valence electrons. The van der Waals surface area contributed by atoms with Crippen LogP contribution >= 0.6 is 11.6 Å². The summed E-state index contributed by atoms with van der Waals surface area (Å²) in [5.74, 6) is -0.960. The van der Waals surface area contributed by atoms with E-state index in [1.807, 2.05) is 24.3 Å². The number of aryl methyl sites for hydroxylation is 1. The Hall–Kier alpha value is -3.66. The molecule has 2 aromatic carbocycles. The second-order valence-electron chi connectivity index (χ2n) is 8.73. The lowest BCUT2D eigenvalue weighted by molar-refractivity contribution is -0.141. The molecule has 0 radical (unpaired) electrons. The lowest BCUT2D eigenvalue weighted by Crippen LogP contribution is -2.37. The molecule has 0 saturated heterocycles. The van der Waals surface area contributed by atoms with E-state index in [0.29, 0.717) is 30.6 Å². The van der Waals surface area contributed by atoms with E-state index in [4.69, 9.17) is 16.3 Å². The highest BCUT2D eigenvalue weighted by molar-refractivity contribution is 6.31. The maximum absolute atomic E-state index is 14.2. The van der Waals surface area contributed by atoms with Crippen molar-refractivity contribution in [3.05, 3.63) is 87.6 Å². The first-order valence-electron chi connectivity index (χ1n) is 11.5. The van der Waals surface area contributed by atoms with Crippen molar-refractivity contribution in [2.75, 3.05) is 18.6 Å². The normalized spacial score (nSPS) is 15.6. The van der Waals surface area contributed by atoms with Crippen molar-refractivity contribution in [1.82, 2.24) is 15.0 Å². The van der Waals surface area contributed by atoms with E-state index >= 15 is 0 Å². The molecule has 0 fully saturated rings. The van der Waals surface area contributed by atoms with Crippen LogP contribution in [0.2, 0.25) is 5.02 Å². The largest absolute Gasteiger partial charge is 0.469 e. The van der Waals surface area contributed by atoms with Crippen molar-refractivity contribution in [2.45, 2.75) is 31.5 Å². The summed E-state index contributed by atoms with van der Waals surface area (Å²) in [6.07, 6.45) is -2.36. The van der Waals surface area contributed by atoms with Gasteiger partial charge in [-0.15, -0.1) is 0 Å². The van der Waals surface area contributed by atoms with E-state index in [2.05, 4.69) is 15.0 Å². The van der Waals surface area contributed by atoms with Crippen LogP contribution in [0.15, 0.2) is 48.7 Å². The summed E-state index contributed by atoms with van der Waals surface area (Å²) < 4.78 is 59.1. The van der Waals surface area contributed by atoms with Crippen molar-refractivity contribution in [1.29, 1.82) is 0 Å². The number of aromatic amines is 1. The van der Waals surface area contributed by atoms with Gasteiger partial charge in [-0.1, -0.05) is 35.9 Å². The lowest BCUT2D eigenvalue weighted by Gasteiger charge is -2.36. The summed E-state index contributed by atoms with van der Waals surface area (Å²) >= 11 is 6.05. The third-order valence-corrected chi connectivity index (χ3v) is 6.79. The number of nitrogens with zero attached hydrogens (tertiary/aromatic N) is 3. The molecule has 1 N–H and O–H groups in total. The number of aromatic nitrogens is 3. The predicted molar refractivity (Wildman–Crippen MR) is 130 cm³/mol. The van der Waals surface area contributed by atoms with E-state index in [0.717, 1.165) is 34.3 Å². The number of alkyl halides is 3. The Bertz CT molecular complexity index is 1470. The summed E-state index contributed by atoms with van der Waals surface area (Å²) in [5.41, 5.74) is 2.77. The number of ether oxygens (including phenoxy) is 1. The molecule has 1 aliphatic rings. The van der Waals surface area contributed by atoms with Gasteiger partial charge in [0, 0.05) is 35.8 Å². The molecule has 1 aliphatic heterocycles. The first-order chi connectivity index (χ1) is 17.7. The van der Waals surface area contributed by atoms with Crippen LogP contribution in [0.3, 0.4) is 0 Å². The second-order valence-corrected chi connectivity index (χ2v) is 9.14. The topological polar surface area (TPSA) is 71.1 Å². The highest BCUT2D eigenvalue weighted by atomic mass is 35.5. The molecule has 4 aromatic rings. The van der Waals surface area contributed by atoms with E-state index in [-0.39, 0.29) is 23.4 Å². The Kier molecular flexibility index (Phi) is 6.53. The Morgan fingerprint density at radius 3 is 2.68 bits per heavy atom. The Morgan fingerprint density at radius 1 is 1.22 bits per heavy atom. The highest BCUT2D eigenvalue weighted by Gasteiger charge is 2.37. The minimum atomic E-state index is -4.62. The fourth-order valence-corrected chi connectivity index (χ4v) is 4.87.